The minimum absolute atomic E-state index is 0.239. The van der Waals surface area contributed by atoms with Crippen LogP contribution in [0.25, 0.3) is 44.7 Å². The lowest BCUT2D eigenvalue weighted by atomic mass is 9.96. The van der Waals surface area contributed by atoms with Crippen LogP contribution in [0.15, 0.2) is 79.9 Å². The van der Waals surface area contributed by atoms with Gasteiger partial charge in [-0.05, 0) is 67.9 Å². The Morgan fingerprint density at radius 3 is 2.54 bits per heavy atom. The fourth-order valence-corrected chi connectivity index (χ4v) is 5.51. The van der Waals surface area contributed by atoms with Crippen molar-refractivity contribution in [3.8, 4) is 33.6 Å². The highest BCUT2D eigenvalue weighted by Crippen LogP contribution is 2.40. The van der Waals surface area contributed by atoms with Gasteiger partial charge in [-0.3, -0.25) is 4.79 Å². The average Bonchev–Trinajstić information content (AvgIpc) is 3.59. The number of H-pyrrole nitrogens is 1. The number of rotatable bonds is 6. The summed E-state index contributed by atoms with van der Waals surface area (Å²) < 4.78 is 1.93. The number of aromatic nitrogens is 4. The van der Waals surface area contributed by atoms with Crippen LogP contribution in [0.3, 0.4) is 0 Å². The number of carbonyl (C=O) groups excluding carboxylic acids is 1. The van der Waals surface area contributed by atoms with Crippen molar-refractivity contribution in [2.75, 3.05) is 36.9 Å². The molecule has 1 aliphatic heterocycles. The summed E-state index contributed by atoms with van der Waals surface area (Å²) in [6, 6.07) is 17.6. The first-order valence-corrected chi connectivity index (χ1v) is 13.9. The lowest BCUT2D eigenvalue weighted by Gasteiger charge is -2.39. The van der Waals surface area contributed by atoms with Crippen LogP contribution >= 0.6 is 0 Å². The van der Waals surface area contributed by atoms with E-state index in [4.69, 9.17) is 4.98 Å². The zero-order chi connectivity index (χ0) is 28.7. The van der Waals surface area contributed by atoms with Crippen molar-refractivity contribution < 1.29 is 4.79 Å². The van der Waals surface area contributed by atoms with Crippen molar-refractivity contribution >= 4 is 28.3 Å². The summed E-state index contributed by atoms with van der Waals surface area (Å²) in [5, 5.41) is 3.95. The summed E-state index contributed by atoms with van der Waals surface area (Å²) in [5.41, 5.74) is 9.61. The molecule has 5 aromatic rings. The van der Waals surface area contributed by atoms with Crippen LogP contribution in [0.1, 0.15) is 12.5 Å². The summed E-state index contributed by atoms with van der Waals surface area (Å²) in [6.45, 7) is 10.9. The van der Waals surface area contributed by atoms with Crippen LogP contribution < -0.4 is 10.2 Å². The Balaban J connectivity index is 1.47. The van der Waals surface area contributed by atoms with Crippen molar-refractivity contribution in [1.29, 1.82) is 0 Å². The van der Waals surface area contributed by atoms with Crippen molar-refractivity contribution in [3.63, 3.8) is 0 Å². The quantitative estimate of drug-likeness (QED) is 0.261. The smallest absolute Gasteiger partial charge is 0.247 e. The van der Waals surface area contributed by atoms with Gasteiger partial charge in [0.1, 0.15) is 5.65 Å². The van der Waals surface area contributed by atoms with Crippen molar-refractivity contribution in [2.24, 2.45) is 7.05 Å². The number of pyridine rings is 1. The normalized spacial score (nSPS) is 15.8. The SMILES string of the molecule is C=CC(=O)Nc1cc(-c2c(-c3ccc(N4CCN(C)[C@H](C)C4)cc3)[nH]c3ncc(-c4cn(C)cn4)cc23)ccc1C. The standard InChI is InChI=1S/C33H35N7O/c1-6-30(41)36-28-16-24(8-7-21(28)2)31-27-15-25(29-19-38(4)20-35-29)17-34-33(27)37-32(31)23-9-11-26(12-10-23)40-14-13-39(5)22(3)18-40/h6-12,15-17,19-20,22H,1,13-14,18H2,2-5H3,(H,34,37)(H,36,41)/t22-/m1/s1. The summed E-state index contributed by atoms with van der Waals surface area (Å²) in [5.74, 6) is -0.239. The molecular weight excluding hydrogens is 510 g/mol. The summed E-state index contributed by atoms with van der Waals surface area (Å²) >= 11 is 0. The number of nitrogens with one attached hydrogen (secondary N) is 2. The molecule has 4 heterocycles. The minimum atomic E-state index is -0.239. The molecule has 6 rings (SSSR count). The molecular formula is C33H35N7O. The Kier molecular flexibility index (Phi) is 6.93. The van der Waals surface area contributed by atoms with Gasteiger partial charge in [0.2, 0.25) is 5.91 Å². The van der Waals surface area contributed by atoms with E-state index < -0.39 is 0 Å². The largest absolute Gasteiger partial charge is 0.369 e. The third kappa shape index (κ3) is 5.14. The van der Waals surface area contributed by atoms with Crippen LogP contribution in [-0.4, -0.2) is 63.0 Å². The van der Waals surface area contributed by atoms with Crippen LogP contribution in [0.4, 0.5) is 11.4 Å². The van der Waals surface area contributed by atoms with E-state index in [1.54, 1.807) is 6.33 Å². The summed E-state index contributed by atoms with van der Waals surface area (Å²) in [7, 11) is 4.15. The molecule has 208 valence electrons. The van der Waals surface area contributed by atoms with Gasteiger partial charge in [0.05, 0.1) is 17.7 Å². The van der Waals surface area contributed by atoms with Gasteiger partial charge >= 0.3 is 0 Å². The molecule has 0 spiro atoms. The fourth-order valence-electron chi connectivity index (χ4n) is 5.51. The Hall–Kier alpha value is -4.69. The number of benzene rings is 2. The van der Waals surface area contributed by atoms with Gasteiger partial charge in [0.15, 0.2) is 0 Å². The molecule has 3 aromatic heterocycles. The van der Waals surface area contributed by atoms with E-state index in [0.29, 0.717) is 6.04 Å². The van der Waals surface area contributed by atoms with Gasteiger partial charge in [0.25, 0.3) is 0 Å². The highest BCUT2D eigenvalue weighted by Gasteiger charge is 2.22. The Morgan fingerprint density at radius 2 is 1.83 bits per heavy atom. The van der Waals surface area contributed by atoms with E-state index >= 15 is 0 Å². The second-order valence-electron chi connectivity index (χ2n) is 11.0. The van der Waals surface area contributed by atoms with Crippen molar-refractivity contribution in [3.05, 3.63) is 85.5 Å². The minimum Gasteiger partial charge on any atom is -0.369 e. The molecule has 41 heavy (non-hydrogen) atoms. The second-order valence-corrected chi connectivity index (χ2v) is 11.0. The van der Waals surface area contributed by atoms with E-state index in [2.05, 4.69) is 82.0 Å². The third-order valence-electron chi connectivity index (χ3n) is 8.10. The summed E-state index contributed by atoms with van der Waals surface area (Å²) in [6.07, 6.45) is 6.93. The number of likely N-dealkylation sites (N-methyl/N-ethyl adjacent to an activating group) is 1. The lowest BCUT2D eigenvalue weighted by Crippen LogP contribution is -2.50. The van der Waals surface area contributed by atoms with Crippen LogP contribution in [0.5, 0.6) is 0 Å². The first kappa shape index (κ1) is 26.5. The van der Waals surface area contributed by atoms with E-state index in [1.807, 2.05) is 43.1 Å². The molecule has 8 heteroatoms. The van der Waals surface area contributed by atoms with Crippen LogP contribution in [0.2, 0.25) is 0 Å². The molecule has 1 atom stereocenters. The van der Waals surface area contributed by atoms with Crippen LogP contribution in [-0.2, 0) is 11.8 Å². The number of hydrogen-bond donors (Lipinski definition) is 2. The maximum absolute atomic E-state index is 12.2. The molecule has 0 bridgehead atoms. The number of fused-ring (bicyclic) bond motifs is 1. The molecule has 0 saturated carbocycles. The number of hydrogen-bond acceptors (Lipinski definition) is 5. The third-order valence-corrected chi connectivity index (χ3v) is 8.10. The Bertz CT molecular complexity index is 1750. The fraction of sp³-hybridized carbons (Fsp3) is 0.242. The first-order valence-electron chi connectivity index (χ1n) is 13.9. The van der Waals surface area contributed by atoms with Crippen molar-refractivity contribution in [1.82, 2.24) is 24.4 Å². The second kappa shape index (κ2) is 10.7. The van der Waals surface area contributed by atoms with Gasteiger partial charge in [-0.2, -0.15) is 0 Å². The van der Waals surface area contributed by atoms with Gasteiger partial charge < -0.3 is 24.7 Å². The zero-order valence-corrected chi connectivity index (χ0v) is 24.0. The van der Waals surface area contributed by atoms with Crippen molar-refractivity contribution in [2.45, 2.75) is 19.9 Å². The number of imidazole rings is 1. The predicted molar refractivity (Wildman–Crippen MR) is 167 cm³/mol. The lowest BCUT2D eigenvalue weighted by molar-refractivity contribution is -0.111. The number of amides is 1. The van der Waals surface area contributed by atoms with E-state index in [-0.39, 0.29) is 5.91 Å². The molecule has 2 aromatic carbocycles. The van der Waals surface area contributed by atoms with E-state index in [9.17, 15) is 4.79 Å². The molecule has 1 fully saturated rings. The number of aryl methyl sites for hydroxylation is 2. The summed E-state index contributed by atoms with van der Waals surface area (Å²) in [4.78, 5) is 30.0. The Labute approximate surface area is 240 Å². The molecule has 2 N–H and O–H groups in total. The van der Waals surface area contributed by atoms with Gasteiger partial charge in [0, 0.05) is 73.0 Å². The van der Waals surface area contributed by atoms with E-state index in [0.717, 1.165) is 75.6 Å². The van der Waals surface area contributed by atoms with Gasteiger partial charge in [-0.25, -0.2) is 9.97 Å². The highest BCUT2D eigenvalue weighted by molar-refractivity contribution is 6.05. The molecule has 1 saturated heterocycles. The van der Waals surface area contributed by atoms with Gasteiger partial charge in [-0.1, -0.05) is 30.8 Å². The monoisotopic (exact) mass is 545 g/mol. The number of piperazine rings is 1. The number of anilines is 2. The topological polar surface area (TPSA) is 82.1 Å². The highest BCUT2D eigenvalue weighted by atomic mass is 16.1. The van der Waals surface area contributed by atoms with Gasteiger partial charge in [-0.15, -0.1) is 0 Å². The maximum Gasteiger partial charge on any atom is 0.247 e. The molecule has 0 radical (unpaired) electrons. The molecule has 1 amide bonds. The zero-order valence-electron chi connectivity index (χ0n) is 24.0. The average molecular weight is 546 g/mol. The first-order chi connectivity index (χ1) is 19.8. The molecule has 1 aliphatic rings. The Morgan fingerprint density at radius 1 is 1.05 bits per heavy atom. The predicted octanol–water partition coefficient (Wildman–Crippen LogP) is 5.87. The number of carbonyl (C=O) groups is 1. The molecule has 8 nitrogen and oxygen atoms in total. The van der Waals surface area contributed by atoms with Crippen LogP contribution in [0, 0.1) is 6.92 Å². The van der Waals surface area contributed by atoms with E-state index in [1.165, 1.54) is 11.8 Å². The maximum atomic E-state index is 12.2. The molecule has 0 unspecified atom stereocenters. The molecule has 0 aliphatic carbocycles. The number of nitrogens with zero attached hydrogens (tertiary/aromatic N) is 5. The number of aromatic amines is 1.